The van der Waals surface area contributed by atoms with Crippen LogP contribution in [0.3, 0.4) is 0 Å². The summed E-state index contributed by atoms with van der Waals surface area (Å²) in [6.45, 7) is 6.00. The molecule has 2 aromatic carbocycles. The quantitative estimate of drug-likeness (QED) is 0.304. The number of carbonyl (C=O) groups is 1. The van der Waals surface area contributed by atoms with Crippen molar-refractivity contribution in [2.45, 2.75) is 44.7 Å². The van der Waals surface area contributed by atoms with E-state index in [0.717, 1.165) is 34.7 Å². The van der Waals surface area contributed by atoms with Crippen LogP contribution < -0.4 is 0 Å². The normalized spacial score (nSPS) is 17.9. The van der Waals surface area contributed by atoms with E-state index in [2.05, 4.69) is 4.98 Å². The Morgan fingerprint density at radius 1 is 1.24 bits per heavy atom. The molecule has 2 N–H and O–H groups in total. The molecule has 1 aliphatic heterocycles. The van der Waals surface area contributed by atoms with Gasteiger partial charge in [0.25, 0.3) is 0 Å². The molecule has 0 spiro atoms. The molecule has 1 saturated heterocycles. The highest BCUT2D eigenvalue weighted by Crippen LogP contribution is 2.30. The summed E-state index contributed by atoms with van der Waals surface area (Å²) in [6, 6.07) is 18.9. The molecule has 0 bridgehead atoms. The number of aliphatic hydroxyl groups excluding tert-OH is 1. The summed E-state index contributed by atoms with van der Waals surface area (Å²) >= 11 is 5.54. The zero-order valence-electron chi connectivity index (χ0n) is 22.5. The minimum Gasteiger partial charge on any atom is -0.392 e. The number of ether oxygens (including phenoxy) is 1. The molecule has 0 radical (unpaired) electrons. The van der Waals surface area contributed by atoms with Crippen LogP contribution in [-0.4, -0.2) is 71.2 Å². The summed E-state index contributed by atoms with van der Waals surface area (Å²) in [7, 11) is 3.54. The van der Waals surface area contributed by atoms with E-state index in [4.69, 9.17) is 16.3 Å². The SMILES string of the molecule is CO[C@H](c1ccc(C(C)(O)CN2CC[C@H](O)C2)cc1C=O)N(C)Cc1ccc(C)cn1.Clc1ccccc1. The first kappa shape index (κ1) is 29.9. The maximum Gasteiger partial charge on any atom is 0.150 e. The maximum absolute atomic E-state index is 11.9. The Bertz CT molecular complexity index is 1160. The van der Waals surface area contributed by atoms with E-state index in [1.165, 1.54) is 0 Å². The molecule has 3 atom stereocenters. The zero-order valence-corrected chi connectivity index (χ0v) is 23.3. The minimum atomic E-state index is -1.14. The number of hydrogen-bond donors (Lipinski definition) is 2. The highest BCUT2D eigenvalue weighted by atomic mass is 35.5. The molecule has 1 unspecified atom stereocenters. The Balaban J connectivity index is 0.000000494. The Labute approximate surface area is 230 Å². The number of hydrogen-bond acceptors (Lipinski definition) is 7. The van der Waals surface area contributed by atoms with E-state index in [1.54, 1.807) is 20.1 Å². The molecule has 8 heteroatoms. The molecule has 2 heterocycles. The lowest BCUT2D eigenvalue weighted by Crippen LogP contribution is -2.38. The van der Waals surface area contributed by atoms with Gasteiger partial charge in [0.1, 0.15) is 12.5 Å². The van der Waals surface area contributed by atoms with E-state index in [-0.39, 0.29) is 6.10 Å². The molecule has 1 aliphatic rings. The van der Waals surface area contributed by atoms with Crippen LogP contribution in [0, 0.1) is 6.92 Å². The maximum atomic E-state index is 11.9. The summed E-state index contributed by atoms with van der Waals surface area (Å²) in [6.07, 6.45) is 2.57. The van der Waals surface area contributed by atoms with Crippen LogP contribution in [0.2, 0.25) is 5.02 Å². The Hall–Kier alpha value is -2.65. The van der Waals surface area contributed by atoms with Crippen LogP contribution in [0.5, 0.6) is 0 Å². The first-order chi connectivity index (χ1) is 18.1. The van der Waals surface area contributed by atoms with Crippen molar-refractivity contribution in [1.82, 2.24) is 14.8 Å². The molecule has 0 aliphatic carbocycles. The predicted molar refractivity (Wildman–Crippen MR) is 150 cm³/mol. The van der Waals surface area contributed by atoms with Gasteiger partial charge in [0.2, 0.25) is 0 Å². The second kappa shape index (κ2) is 13.9. The van der Waals surface area contributed by atoms with E-state index >= 15 is 0 Å². The van der Waals surface area contributed by atoms with Crippen molar-refractivity contribution >= 4 is 17.9 Å². The summed E-state index contributed by atoms with van der Waals surface area (Å²) < 4.78 is 5.72. The van der Waals surface area contributed by atoms with E-state index in [1.807, 2.05) is 84.6 Å². The third kappa shape index (κ3) is 8.43. The number of aliphatic hydroxyl groups is 2. The first-order valence-corrected chi connectivity index (χ1v) is 13.1. The lowest BCUT2D eigenvalue weighted by molar-refractivity contribution is -0.0256. The molecule has 38 heavy (non-hydrogen) atoms. The molecule has 0 saturated carbocycles. The summed E-state index contributed by atoms with van der Waals surface area (Å²) in [4.78, 5) is 20.4. The van der Waals surface area contributed by atoms with Gasteiger partial charge in [-0.1, -0.05) is 48.0 Å². The zero-order chi connectivity index (χ0) is 27.7. The van der Waals surface area contributed by atoms with Gasteiger partial charge in [-0.05, 0) is 62.7 Å². The van der Waals surface area contributed by atoms with Gasteiger partial charge in [-0.25, -0.2) is 0 Å². The van der Waals surface area contributed by atoms with Crippen LogP contribution in [-0.2, 0) is 16.9 Å². The molecule has 0 amide bonds. The predicted octanol–water partition coefficient (Wildman–Crippen LogP) is 4.59. The number of aldehydes is 1. The summed E-state index contributed by atoms with van der Waals surface area (Å²) in [5.41, 5.74) is 2.76. The third-order valence-electron chi connectivity index (χ3n) is 6.62. The van der Waals surface area contributed by atoms with Gasteiger partial charge in [-0.3, -0.25) is 19.6 Å². The van der Waals surface area contributed by atoms with E-state index in [0.29, 0.717) is 37.2 Å². The van der Waals surface area contributed by atoms with Gasteiger partial charge in [0, 0.05) is 55.6 Å². The average molecular weight is 540 g/mol. The second-order valence-corrected chi connectivity index (χ2v) is 10.5. The average Bonchev–Trinajstić information content (AvgIpc) is 3.30. The van der Waals surface area contributed by atoms with Crippen molar-refractivity contribution in [2.24, 2.45) is 0 Å². The number of rotatable bonds is 9. The topological polar surface area (TPSA) is 86.1 Å². The largest absolute Gasteiger partial charge is 0.392 e. The lowest BCUT2D eigenvalue weighted by atomic mass is 9.91. The van der Waals surface area contributed by atoms with E-state index < -0.39 is 11.8 Å². The molecular weight excluding hydrogens is 502 g/mol. The molecule has 1 fully saturated rings. The Morgan fingerprint density at radius 2 is 1.97 bits per heavy atom. The van der Waals surface area contributed by atoms with Crippen molar-refractivity contribution in [1.29, 1.82) is 0 Å². The number of halogens is 1. The van der Waals surface area contributed by atoms with Crippen LogP contribution >= 0.6 is 11.6 Å². The van der Waals surface area contributed by atoms with Gasteiger partial charge in [-0.15, -0.1) is 0 Å². The highest BCUT2D eigenvalue weighted by Gasteiger charge is 2.31. The fraction of sp³-hybridized carbons (Fsp3) is 0.400. The number of aromatic nitrogens is 1. The smallest absolute Gasteiger partial charge is 0.150 e. The van der Waals surface area contributed by atoms with Crippen molar-refractivity contribution in [3.05, 3.63) is 99.8 Å². The van der Waals surface area contributed by atoms with Gasteiger partial charge in [0.15, 0.2) is 0 Å². The standard InChI is InChI=1S/C24H33N3O4.C6H5Cl/c1-17-5-7-20(25-12-17)13-26(3)23(31-4)22-8-6-19(11-18(22)15-28)24(2,30)16-27-10-9-21(29)14-27;7-6-4-2-1-3-5-6/h5-8,11-12,15,21,23,29-30H,9-10,13-14,16H2,1-4H3;1-5H/t21-,23+,24?;/m0./s1. The molecular formula is C30H38ClN3O4. The lowest BCUT2D eigenvalue weighted by Gasteiger charge is -2.31. The number of likely N-dealkylation sites (tertiary alicyclic amines) is 1. The van der Waals surface area contributed by atoms with Gasteiger partial charge in [0.05, 0.1) is 17.4 Å². The van der Waals surface area contributed by atoms with Gasteiger partial charge in [-0.2, -0.15) is 0 Å². The first-order valence-electron chi connectivity index (χ1n) is 12.7. The molecule has 7 nitrogen and oxygen atoms in total. The van der Waals surface area contributed by atoms with Crippen molar-refractivity contribution in [2.75, 3.05) is 33.8 Å². The highest BCUT2D eigenvalue weighted by molar-refractivity contribution is 6.30. The number of β-amino-alcohol motifs (C(OH)–C–C–N with tert-alkyl or cyclic N) is 2. The third-order valence-corrected chi connectivity index (χ3v) is 6.87. The number of nitrogens with zero attached hydrogens (tertiary/aromatic N) is 3. The van der Waals surface area contributed by atoms with Gasteiger partial charge >= 0.3 is 0 Å². The van der Waals surface area contributed by atoms with Crippen LogP contribution in [0.25, 0.3) is 0 Å². The van der Waals surface area contributed by atoms with Crippen LogP contribution in [0.4, 0.5) is 0 Å². The molecule has 3 aromatic rings. The molecule has 204 valence electrons. The monoisotopic (exact) mass is 539 g/mol. The van der Waals surface area contributed by atoms with Crippen LogP contribution in [0.1, 0.15) is 52.3 Å². The number of methoxy groups -OCH3 is 1. The number of aryl methyl sites for hydroxylation is 1. The minimum absolute atomic E-state index is 0.343. The molecule has 4 rings (SSSR count). The fourth-order valence-electron chi connectivity index (χ4n) is 4.61. The van der Waals surface area contributed by atoms with E-state index in [9.17, 15) is 15.0 Å². The van der Waals surface area contributed by atoms with Crippen LogP contribution in [0.15, 0.2) is 66.9 Å². The number of pyridine rings is 1. The Morgan fingerprint density at radius 3 is 2.50 bits per heavy atom. The van der Waals surface area contributed by atoms with Gasteiger partial charge < -0.3 is 14.9 Å². The second-order valence-electron chi connectivity index (χ2n) is 10.0. The van der Waals surface area contributed by atoms with Crippen molar-refractivity contribution in [3.63, 3.8) is 0 Å². The number of benzene rings is 2. The number of carbonyl (C=O) groups excluding carboxylic acids is 1. The fourth-order valence-corrected chi connectivity index (χ4v) is 4.75. The summed E-state index contributed by atoms with van der Waals surface area (Å²) in [5.74, 6) is 0. The molecule has 1 aromatic heterocycles. The van der Waals surface area contributed by atoms with Crippen molar-refractivity contribution < 1.29 is 19.7 Å². The Kier molecular flexibility index (Phi) is 11.0. The summed E-state index contributed by atoms with van der Waals surface area (Å²) in [5, 5.41) is 21.6. The van der Waals surface area contributed by atoms with Crippen molar-refractivity contribution in [3.8, 4) is 0 Å².